The van der Waals surface area contributed by atoms with Crippen LogP contribution in [0.15, 0.2) is 23.6 Å². The average Bonchev–Trinajstić information content (AvgIpc) is 3.09. The highest BCUT2D eigenvalue weighted by Gasteiger charge is 2.14. The molecule has 3 rings (SSSR count). The van der Waals surface area contributed by atoms with Crippen molar-refractivity contribution in [3.8, 4) is 28.0 Å². The van der Waals surface area contributed by atoms with Crippen molar-refractivity contribution in [2.75, 3.05) is 0 Å². The maximum atomic E-state index is 13.4. The normalized spacial score (nSPS) is 10.4. The molecule has 5 nitrogen and oxygen atoms in total. The number of aromatic amines is 1. The zero-order chi connectivity index (χ0) is 14.1. The van der Waals surface area contributed by atoms with Gasteiger partial charge in [0.15, 0.2) is 5.69 Å². The largest absolute Gasteiger partial charge is 0.234 e. The van der Waals surface area contributed by atoms with Gasteiger partial charge in [0, 0.05) is 10.9 Å². The molecule has 2 heterocycles. The minimum absolute atomic E-state index is 0.0637. The van der Waals surface area contributed by atoms with E-state index in [1.165, 1.54) is 23.5 Å². The van der Waals surface area contributed by atoms with Crippen LogP contribution in [0.4, 0.5) is 4.39 Å². The quantitative estimate of drug-likeness (QED) is 0.788. The Bertz CT molecular complexity index is 819. The topological polar surface area (TPSA) is 78.2 Å². The van der Waals surface area contributed by atoms with Crippen LogP contribution in [0.2, 0.25) is 5.02 Å². The number of aromatic nitrogens is 4. The van der Waals surface area contributed by atoms with Crippen molar-refractivity contribution in [1.29, 1.82) is 5.26 Å². The van der Waals surface area contributed by atoms with Gasteiger partial charge in [0.1, 0.15) is 28.3 Å². The van der Waals surface area contributed by atoms with E-state index >= 15 is 0 Å². The summed E-state index contributed by atoms with van der Waals surface area (Å²) in [6.07, 6.45) is 0. The Morgan fingerprint density at radius 1 is 1.35 bits per heavy atom. The molecule has 20 heavy (non-hydrogen) atoms. The van der Waals surface area contributed by atoms with Crippen molar-refractivity contribution in [2.24, 2.45) is 0 Å². The van der Waals surface area contributed by atoms with Crippen LogP contribution in [0, 0.1) is 17.1 Å². The van der Waals surface area contributed by atoms with Crippen molar-refractivity contribution in [3.05, 3.63) is 40.1 Å². The summed E-state index contributed by atoms with van der Waals surface area (Å²) in [6.45, 7) is 0. The molecule has 3 aromatic rings. The molecule has 0 aliphatic carbocycles. The standard InChI is InChI=1S/C12H5ClFN5S/c13-7-2-1-6(3-8(7)14)12-16-10(5-20-12)11-9(4-15)17-19-18-11/h1-3,5H,(H,17,18,19). The van der Waals surface area contributed by atoms with Crippen molar-refractivity contribution < 1.29 is 4.39 Å². The summed E-state index contributed by atoms with van der Waals surface area (Å²) in [7, 11) is 0. The van der Waals surface area contributed by atoms with Gasteiger partial charge in [-0.3, -0.25) is 0 Å². The highest BCUT2D eigenvalue weighted by Crippen LogP contribution is 2.30. The summed E-state index contributed by atoms with van der Waals surface area (Å²) in [4.78, 5) is 4.34. The smallest absolute Gasteiger partial charge is 0.192 e. The Hall–Kier alpha value is -2.30. The molecule has 0 aliphatic rings. The number of hydrogen-bond donors (Lipinski definition) is 1. The van der Waals surface area contributed by atoms with Gasteiger partial charge in [0.25, 0.3) is 0 Å². The van der Waals surface area contributed by atoms with E-state index in [1.807, 2.05) is 6.07 Å². The lowest BCUT2D eigenvalue weighted by atomic mass is 10.2. The van der Waals surface area contributed by atoms with E-state index in [-0.39, 0.29) is 10.7 Å². The Morgan fingerprint density at radius 3 is 2.95 bits per heavy atom. The third-order valence-electron chi connectivity index (χ3n) is 2.57. The summed E-state index contributed by atoms with van der Waals surface area (Å²) in [5.41, 5.74) is 1.68. The van der Waals surface area contributed by atoms with Crippen LogP contribution >= 0.6 is 22.9 Å². The second-order valence-electron chi connectivity index (χ2n) is 3.80. The van der Waals surface area contributed by atoms with Gasteiger partial charge in [-0.25, -0.2) is 9.37 Å². The number of thiazole rings is 1. The van der Waals surface area contributed by atoms with Crippen molar-refractivity contribution in [2.45, 2.75) is 0 Å². The first-order chi connectivity index (χ1) is 9.69. The van der Waals surface area contributed by atoms with Gasteiger partial charge >= 0.3 is 0 Å². The number of hydrogen-bond acceptors (Lipinski definition) is 5. The second kappa shape index (κ2) is 5.00. The van der Waals surface area contributed by atoms with Gasteiger partial charge in [-0.15, -0.1) is 16.4 Å². The van der Waals surface area contributed by atoms with Gasteiger partial charge in [0.05, 0.1) is 5.02 Å². The van der Waals surface area contributed by atoms with Gasteiger partial charge in [0.2, 0.25) is 0 Å². The van der Waals surface area contributed by atoms with E-state index in [2.05, 4.69) is 20.4 Å². The number of rotatable bonds is 2. The van der Waals surface area contributed by atoms with Gasteiger partial charge in [-0.05, 0) is 12.1 Å². The fourth-order valence-electron chi connectivity index (χ4n) is 1.63. The monoisotopic (exact) mass is 305 g/mol. The van der Waals surface area contributed by atoms with Crippen LogP contribution in [0.5, 0.6) is 0 Å². The van der Waals surface area contributed by atoms with Gasteiger partial charge in [-0.1, -0.05) is 17.7 Å². The first kappa shape index (κ1) is 12.7. The summed E-state index contributed by atoms with van der Waals surface area (Å²) < 4.78 is 13.4. The van der Waals surface area contributed by atoms with Gasteiger partial charge in [-0.2, -0.15) is 15.6 Å². The number of halogens is 2. The van der Waals surface area contributed by atoms with Crippen molar-refractivity contribution in [3.63, 3.8) is 0 Å². The number of benzene rings is 1. The summed E-state index contributed by atoms with van der Waals surface area (Å²) in [5, 5.41) is 21.3. The first-order valence-electron chi connectivity index (χ1n) is 5.41. The molecule has 0 saturated heterocycles. The average molecular weight is 306 g/mol. The molecule has 0 radical (unpaired) electrons. The molecule has 0 amide bonds. The molecule has 8 heteroatoms. The Balaban J connectivity index is 2.02. The molecular formula is C12H5ClFN5S. The van der Waals surface area contributed by atoms with Crippen molar-refractivity contribution in [1.82, 2.24) is 20.4 Å². The fraction of sp³-hybridized carbons (Fsp3) is 0. The molecule has 0 saturated carbocycles. The minimum atomic E-state index is -0.500. The molecule has 0 fully saturated rings. The lowest BCUT2D eigenvalue weighted by molar-refractivity contribution is 0.629. The second-order valence-corrected chi connectivity index (χ2v) is 5.06. The first-order valence-corrected chi connectivity index (χ1v) is 6.67. The maximum absolute atomic E-state index is 13.4. The lowest BCUT2D eigenvalue weighted by Gasteiger charge is -1.98. The molecule has 1 N–H and O–H groups in total. The van der Waals surface area contributed by atoms with E-state index in [4.69, 9.17) is 16.9 Å². The zero-order valence-electron chi connectivity index (χ0n) is 9.76. The predicted molar refractivity (Wildman–Crippen MR) is 72.6 cm³/mol. The van der Waals surface area contributed by atoms with Crippen LogP contribution in [-0.2, 0) is 0 Å². The molecule has 0 atom stereocenters. The predicted octanol–water partition coefficient (Wildman–Crippen LogP) is 3.26. The van der Waals surface area contributed by atoms with Gasteiger partial charge < -0.3 is 0 Å². The molecule has 0 aliphatic heterocycles. The summed E-state index contributed by atoms with van der Waals surface area (Å²) >= 11 is 6.97. The number of nitriles is 1. The van der Waals surface area contributed by atoms with Crippen LogP contribution < -0.4 is 0 Å². The number of nitrogens with zero attached hydrogens (tertiary/aromatic N) is 4. The Kier molecular flexibility index (Phi) is 3.18. The summed E-state index contributed by atoms with van der Waals surface area (Å²) in [6, 6.07) is 6.40. The summed E-state index contributed by atoms with van der Waals surface area (Å²) in [5.74, 6) is -0.500. The Labute approximate surface area is 121 Å². The number of nitrogens with one attached hydrogen (secondary N) is 1. The highest BCUT2D eigenvalue weighted by molar-refractivity contribution is 7.13. The third kappa shape index (κ3) is 2.15. The maximum Gasteiger partial charge on any atom is 0.192 e. The van der Waals surface area contributed by atoms with E-state index in [9.17, 15) is 4.39 Å². The molecule has 2 aromatic heterocycles. The van der Waals surface area contributed by atoms with E-state index in [0.29, 0.717) is 22.0 Å². The van der Waals surface area contributed by atoms with E-state index in [0.717, 1.165) is 0 Å². The molecule has 1 aromatic carbocycles. The minimum Gasteiger partial charge on any atom is -0.234 e. The zero-order valence-corrected chi connectivity index (χ0v) is 11.3. The Morgan fingerprint density at radius 2 is 2.20 bits per heavy atom. The number of H-pyrrole nitrogens is 1. The molecular weight excluding hydrogens is 301 g/mol. The third-order valence-corrected chi connectivity index (χ3v) is 3.77. The molecule has 98 valence electrons. The molecule has 0 spiro atoms. The van der Waals surface area contributed by atoms with Crippen LogP contribution in [0.3, 0.4) is 0 Å². The van der Waals surface area contributed by atoms with Crippen molar-refractivity contribution >= 4 is 22.9 Å². The fourth-order valence-corrected chi connectivity index (χ4v) is 2.55. The van der Waals surface area contributed by atoms with E-state index in [1.54, 1.807) is 11.4 Å². The highest BCUT2D eigenvalue weighted by atomic mass is 35.5. The van der Waals surface area contributed by atoms with Crippen LogP contribution in [-0.4, -0.2) is 20.4 Å². The lowest BCUT2D eigenvalue weighted by Crippen LogP contribution is -1.84. The van der Waals surface area contributed by atoms with E-state index < -0.39 is 5.82 Å². The molecule has 0 unspecified atom stereocenters. The SMILES string of the molecule is N#Cc1n[nH]nc1-c1csc(-c2ccc(Cl)c(F)c2)n1. The van der Waals surface area contributed by atoms with Crippen LogP contribution in [0.25, 0.3) is 22.0 Å². The van der Waals surface area contributed by atoms with Crippen LogP contribution in [0.1, 0.15) is 5.69 Å². The molecule has 0 bridgehead atoms.